The zero-order valence-corrected chi connectivity index (χ0v) is 10.5. The number of rotatable bonds is 2. The van der Waals surface area contributed by atoms with Crippen LogP contribution in [0.2, 0.25) is 5.02 Å². The first kappa shape index (κ1) is 10.9. The van der Waals surface area contributed by atoms with Gasteiger partial charge < -0.3 is 0 Å². The highest BCUT2D eigenvalue weighted by Crippen LogP contribution is 2.28. The van der Waals surface area contributed by atoms with E-state index in [1.54, 1.807) is 10.7 Å². The summed E-state index contributed by atoms with van der Waals surface area (Å²) in [6.07, 6.45) is 0. The van der Waals surface area contributed by atoms with Gasteiger partial charge in [-0.1, -0.05) is 17.7 Å². The number of alkyl halides is 1. The van der Waals surface area contributed by atoms with E-state index in [2.05, 4.69) is 31.5 Å². The zero-order chi connectivity index (χ0) is 10.8. The van der Waals surface area contributed by atoms with Crippen LogP contribution in [0.4, 0.5) is 0 Å². The summed E-state index contributed by atoms with van der Waals surface area (Å²) in [5.41, 5.74) is 0.767. The van der Waals surface area contributed by atoms with Crippen molar-refractivity contribution in [3.8, 4) is 5.69 Å². The van der Waals surface area contributed by atoms with Crippen LogP contribution in [-0.2, 0) is 5.88 Å². The van der Waals surface area contributed by atoms with Gasteiger partial charge in [0, 0.05) is 0 Å². The predicted octanol–water partition coefficient (Wildman–Crippen LogP) is 2.82. The van der Waals surface area contributed by atoms with Crippen LogP contribution in [-0.4, -0.2) is 20.2 Å². The summed E-state index contributed by atoms with van der Waals surface area (Å²) >= 11 is 15.0. The molecule has 0 atom stereocenters. The molecule has 0 unspecified atom stereocenters. The van der Waals surface area contributed by atoms with Gasteiger partial charge in [-0.2, -0.15) is 4.68 Å². The molecule has 1 aromatic carbocycles. The van der Waals surface area contributed by atoms with E-state index in [9.17, 15) is 0 Å². The van der Waals surface area contributed by atoms with Gasteiger partial charge in [0.15, 0.2) is 5.82 Å². The molecule has 0 saturated carbocycles. The van der Waals surface area contributed by atoms with Gasteiger partial charge in [-0.3, -0.25) is 0 Å². The second-order valence-corrected chi connectivity index (χ2v) is 4.18. The molecule has 15 heavy (non-hydrogen) atoms. The normalized spacial score (nSPS) is 10.6. The minimum absolute atomic E-state index is 0.242. The molecule has 0 aliphatic carbocycles. The molecule has 4 nitrogen and oxygen atoms in total. The molecule has 0 aliphatic heterocycles. The van der Waals surface area contributed by atoms with E-state index in [0.29, 0.717) is 10.8 Å². The van der Waals surface area contributed by atoms with E-state index in [0.717, 1.165) is 10.2 Å². The highest BCUT2D eigenvalue weighted by molar-refractivity contribution is 9.10. The Morgan fingerprint density at radius 2 is 2.20 bits per heavy atom. The SMILES string of the molecule is ClCc1nnnn1-c1cccc(Cl)c1Br. The lowest BCUT2D eigenvalue weighted by Crippen LogP contribution is -2.02. The molecule has 1 heterocycles. The number of halogens is 3. The third-order valence-electron chi connectivity index (χ3n) is 1.81. The maximum absolute atomic E-state index is 5.96. The molecule has 0 fully saturated rings. The monoisotopic (exact) mass is 306 g/mol. The van der Waals surface area contributed by atoms with Gasteiger partial charge in [0.2, 0.25) is 0 Å². The van der Waals surface area contributed by atoms with Crippen LogP contribution in [0.25, 0.3) is 5.69 Å². The quantitative estimate of drug-likeness (QED) is 0.801. The van der Waals surface area contributed by atoms with Crippen molar-refractivity contribution < 1.29 is 0 Å². The standard InChI is InChI=1S/C8H5BrCl2N4/c9-8-5(11)2-1-3-6(8)15-7(4-10)12-13-14-15/h1-3H,4H2. The summed E-state index contributed by atoms with van der Waals surface area (Å²) in [4.78, 5) is 0. The second-order valence-electron chi connectivity index (χ2n) is 2.71. The minimum Gasteiger partial charge on any atom is -0.195 e. The molecular formula is C8H5BrCl2N4. The third-order valence-corrected chi connectivity index (χ3v) is 3.43. The van der Waals surface area contributed by atoms with Crippen molar-refractivity contribution in [2.45, 2.75) is 5.88 Å². The summed E-state index contributed by atoms with van der Waals surface area (Å²) in [5.74, 6) is 0.811. The van der Waals surface area contributed by atoms with Crippen molar-refractivity contribution in [1.82, 2.24) is 20.2 Å². The predicted molar refractivity (Wildman–Crippen MR) is 61.4 cm³/mol. The summed E-state index contributed by atoms with van der Waals surface area (Å²) in [5, 5.41) is 11.8. The van der Waals surface area contributed by atoms with Crippen molar-refractivity contribution in [1.29, 1.82) is 0 Å². The number of aromatic nitrogens is 4. The fourth-order valence-corrected chi connectivity index (χ4v) is 1.90. The van der Waals surface area contributed by atoms with Gasteiger partial charge in [0.25, 0.3) is 0 Å². The van der Waals surface area contributed by atoms with Crippen LogP contribution in [0.1, 0.15) is 5.82 Å². The van der Waals surface area contributed by atoms with Crippen LogP contribution in [0, 0.1) is 0 Å². The van der Waals surface area contributed by atoms with Crippen molar-refractivity contribution >= 4 is 39.1 Å². The zero-order valence-electron chi connectivity index (χ0n) is 7.36. The lowest BCUT2D eigenvalue weighted by molar-refractivity contribution is 0.774. The average molecular weight is 308 g/mol. The summed E-state index contributed by atoms with van der Waals surface area (Å²) < 4.78 is 2.29. The van der Waals surface area contributed by atoms with Gasteiger partial charge in [-0.25, -0.2) is 0 Å². The molecule has 0 saturated heterocycles. The topological polar surface area (TPSA) is 43.6 Å². The van der Waals surface area contributed by atoms with E-state index in [-0.39, 0.29) is 5.88 Å². The van der Waals surface area contributed by atoms with Crippen molar-refractivity contribution in [3.05, 3.63) is 33.5 Å². The maximum atomic E-state index is 5.96. The number of hydrogen-bond acceptors (Lipinski definition) is 3. The van der Waals surface area contributed by atoms with E-state index < -0.39 is 0 Å². The van der Waals surface area contributed by atoms with E-state index in [1.807, 2.05) is 12.1 Å². The largest absolute Gasteiger partial charge is 0.195 e. The summed E-state index contributed by atoms with van der Waals surface area (Å²) in [6, 6.07) is 5.45. The van der Waals surface area contributed by atoms with Gasteiger partial charge in [0.05, 0.1) is 21.1 Å². The molecule has 0 spiro atoms. The Labute approximate surface area is 104 Å². The molecule has 1 aromatic heterocycles. The van der Waals surface area contributed by atoms with Crippen LogP contribution in [0.3, 0.4) is 0 Å². The number of benzene rings is 1. The number of nitrogens with zero attached hydrogens (tertiary/aromatic N) is 4. The first-order valence-corrected chi connectivity index (χ1v) is 5.72. The van der Waals surface area contributed by atoms with E-state index >= 15 is 0 Å². The van der Waals surface area contributed by atoms with E-state index in [4.69, 9.17) is 23.2 Å². The molecule has 2 rings (SSSR count). The van der Waals surface area contributed by atoms with Crippen molar-refractivity contribution in [2.24, 2.45) is 0 Å². The molecule has 0 aliphatic rings. The average Bonchev–Trinajstić information content (AvgIpc) is 2.70. The van der Waals surface area contributed by atoms with Crippen LogP contribution < -0.4 is 0 Å². The van der Waals surface area contributed by atoms with Crippen LogP contribution >= 0.6 is 39.1 Å². The Balaban J connectivity index is 2.59. The Morgan fingerprint density at radius 1 is 1.40 bits per heavy atom. The molecular weight excluding hydrogens is 303 g/mol. The molecule has 0 N–H and O–H groups in total. The molecule has 0 bridgehead atoms. The molecule has 0 amide bonds. The number of hydrogen-bond donors (Lipinski definition) is 0. The fourth-order valence-electron chi connectivity index (χ4n) is 1.13. The summed E-state index contributed by atoms with van der Waals surface area (Å²) in [7, 11) is 0. The lowest BCUT2D eigenvalue weighted by atomic mass is 10.3. The highest BCUT2D eigenvalue weighted by atomic mass is 79.9. The fraction of sp³-hybridized carbons (Fsp3) is 0.125. The summed E-state index contributed by atoms with van der Waals surface area (Å²) in [6.45, 7) is 0. The highest BCUT2D eigenvalue weighted by Gasteiger charge is 2.11. The van der Waals surface area contributed by atoms with Crippen LogP contribution in [0.5, 0.6) is 0 Å². The first-order chi connectivity index (χ1) is 7.24. The van der Waals surface area contributed by atoms with Crippen molar-refractivity contribution in [3.63, 3.8) is 0 Å². The lowest BCUT2D eigenvalue weighted by Gasteiger charge is -2.05. The van der Waals surface area contributed by atoms with Gasteiger partial charge >= 0.3 is 0 Å². The van der Waals surface area contributed by atoms with Gasteiger partial charge in [0.1, 0.15) is 0 Å². The Hall–Kier alpha value is -0.650. The second kappa shape index (κ2) is 4.47. The maximum Gasteiger partial charge on any atom is 0.171 e. The molecule has 78 valence electrons. The van der Waals surface area contributed by atoms with Gasteiger partial charge in [-0.05, 0) is 38.5 Å². The Kier molecular flexibility index (Phi) is 3.23. The molecule has 0 radical (unpaired) electrons. The smallest absolute Gasteiger partial charge is 0.171 e. The van der Waals surface area contributed by atoms with Crippen LogP contribution in [0.15, 0.2) is 22.7 Å². The van der Waals surface area contributed by atoms with Crippen molar-refractivity contribution in [2.75, 3.05) is 0 Å². The number of tetrazole rings is 1. The third kappa shape index (κ3) is 2.00. The first-order valence-electron chi connectivity index (χ1n) is 4.01. The Bertz CT molecular complexity index is 485. The molecule has 7 heteroatoms. The Morgan fingerprint density at radius 3 is 2.93 bits per heavy atom. The molecule has 2 aromatic rings. The van der Waals surface area contributed by atoms with E-state index in [1.165, 1.54) is 0 Å². The van der Waals surface area contributed by atoms with Gasteiger partial charge in [-0.15, -0.1) is 16.7 Å². The minimum atomic E-state index is 0.242.